The number of hydrogen-bond acceptors (Lipinski definition) is 8. The standard InChI is InChI=1S/C17H17N5O5/c1-24-11-8-13-12(25-5-2-6-26-13)7-10(11)16-19-3-4-22(16)9-14-20-17(15(18)23)27-21-14/h3-4,7-8H,2,5-6,9H2,1H3,(H2,18,23). The Morgan fingerprint density at radius 2 is 2.07 bits per heavy atom. The van der Waals surface area contributed by atoms with Crippen LogP contribution in [0.1, 0.15) is 22.9 Å². The molecule has 4 rings (SSSR count). The molecule has 140 valence electrons. The maximum atomic E-state index is 11.1. The minimum atomic E-state index is -0.774. The van der Waals surface area contributed by atoms with Crippen molar-refractivity contribution in [2.45, 2.75) is 13.0 Å². The third-order valence-corrected chi connectivity index (χ3v) is 4.02. The van der Waals surface area contributed by atoms with E-state index in [-0.39, 0.29) is 12.4 Å². The molecule has 1 aromatic carbocycles. The number of primary amides is 1. The zero-order chi connectivity index (χ0) is 18.8. The summed E-state index contributed by atoms with van der Waals surface area (Å²) in [5.74, 6) is 1.77. The number of aromatic nitrogens is 4. The van der Waals surface area contributed by atoms with Crippen molar-refractivity contribution in [2.75, 3.05) is 20.3 Å². The molecule has 27 heavy (non-hydrogen) atoms. The SMILES string of the molecule is COc1cc2c(cc1-c1nccn1Cc1noc(C(N)=O)n1)OCCCO2. The lowest BCUT2D eigenvalue weighted by Gasteiger charge is -2.14. The fourth-order valence-corrected chi connectivity index (χ4v) is 2.79. The normalized spacial score (nSPS) is 13.2. The van der Waals surface area contributed by atoms with E-state index in [2.05, 4.69) is 15.1 Å². The molecule has 0 saturated carbocycles. The van der Waals surface area contributed by atoms with E-state index in [1.165, 1.54) is 0 Å². The number of nitrogens with two attached hydrogens (primary N) is 1. The van der Waals surface area contributed by atoms with E-state index in [9.17, 15) is 4.79 Å². The first-order chi connectivity index (χ1) is 13.2. The summed E-state index contributed by atoms with van der Waals surface area (Å²) in [6.45, 7) is 1.40. The van der Waals surface area contributed by atoms with E-state index in [0.29, 0.717) is 42.1 Å². The van der Waals surface area contributed by atoms with E-state index < -0.39 is 5.91 Å². The van der Waals surface area contributed by atoms with Crippen LogP contribution in [0, 0.1) is 0 Å². The molecule has 10 heteroatoms. The fourth-order valence-electron chi connectivity index (χ4n) is 2.79. The average molecular weight is 371 g/mol. The molecular formula is C17H17N5O5. The largest absolute Gasteiger partial charge is 0.496 e. The Morgan fingerprint density at radius 1 is 1.30 bits per heavy atom. The smallest absolute Gasteiger partial charge is 0.315 e. The summed E-state index contributed by atoms with van der Waals surface area (Å²) in [5.41, 5.74) is 5.87. The number of carbonyl (C=O) groups excluding carboxylic acids is 1. The Balaban J connectivity index is 1.70. The third kappa shape index (κ3) is 3.28. The number of nitrogens with zero attached hydrogens (tertiary/aromatic N) is 4. The van der Waals surface area contributed by atoms with Crippen molar-refractivity contribution in [3.05, 3.63) is 36.2 Å². The van der Waals surface area contributed by atoms with Crippen LogP contribution in [0.25, 0.3) is 11.4 Å². The number of imidazole rings is 1. The van der Waals surface area contributed by atoms with E-state index in [1.54, 1.807) is 30.1 Å². The molecule has 2 aromatic heterocycles. The highest BCUT2D eigenvalue weighted by Crippen LogP contribution is 2.40. The number of fused-ring (bicyclic) bond motifs is 1. The van der Waals surface area contributed by atoms with Crippen LogP contribution in [0.5, 0.6) is 17.2 Å². The van der Waals surface area contributed by atoms with Crippen molar-refractivity contribution in [1.29, 1.82) is 0 Å². The number of carbonyl (C=O) groups is 1. The molecule has 0 atom stereocenters. The first-order valence-corrected chi connectivity index (χ1v) is 8.27. The summed E-state index contributed by atoms with van der Waals surface area (Å²) in [5, 5.41) is 3.76. The van der Waals surface area contributed by atoms with Gasteiger partial charge in [0.2, 0.25) is 0 Å². The lowest BCUT2D eigenvalue weighted by atomic mass is 10.1. The summed E-state index contributed by atoms with van der Waals surface area (Å²) in [6.07, 6.45) is 4.21. The minimum absolute atomic E-state index is 0.236. The number of methoxy groups -OCH3 is 1. The summed E-state index contributed by atoms with van der Waals surface area (Å²) in [7, 11) is 1.58. The van der Waals surface area contributed by atoms with Gasteiger partial charge in [-0.3, -0.25) is 4.79 Å². The zero-order valence-corrected chi connectivity index (χ0v) is 14.5. The number of amides is 1. The van der Waals surface area contributed by atoms with E-state index in [1.807, 2.05) is 6.07 Å². The van der Waals surface area contributed by atoms with Gasteiger partial charge in [0.25, 0.3) is 0 Å². The molecule has 0 bridgehead atoms. The Labute approximate surface area is 153 Å². The molecule has 0 unspecified atom stereocenters. The second-order valence-corrected chi connectivity index (χ2v) is 5.81. The number of benzene rings is 1. The lowest BCUT2D eigenvalue weighted by molar-refractivity contribution is 0.0958. The van der Waals surface area contributed by atoms with Crippen molar-refractivity contribution in [3.63, 3.8) is 0 Å². The van der Waals surface area contributed by atoms with Crippen LogP contribution < -0.4 is 19.9 Å². The van der Waals surface area contributed by atoms with Gasteiger partial charge in [-0.15, -0.1) is 0 Å². The predicted octanol–water partition coefficient (Wildman–Crippen LogP) is 1.25. The van der Waals surface area contributed by atoms with Crippen molar-refractivity contribution >= 4 is 5.91 Å². The zero-order valence-electron chi connectivity index (χ0n) is 14.5. The van der Waals surface area contributed by atoms with Gasteiger partial charge in [0, 0.05) is 24.9 Å². The van der Waals surface area contributed by atoms with Crippen LogP contribution in [0.4, 0.5) is 0 Å². The summed E-state index contributed by atoms with van der Waals surface area (Å²) >= 11 is 0. The van der Waals surface area contributed by atoms with Crippen LogP contribution >= 0.6 is 0 Å². The second-order valence-electron chi connectivity index (χ2n) is 5.81. The van der Waals surface area contributed by atoms with E-state index in [0.717, 1.165) is 12.0 Å². The maximum Gasteiger partial charge on any atom is 0.315 e. The highest BCUT2D eigenvalue weighted by molar-refractivity contribution is 5.87. The fraction of sp³-hybridized carbons (Fsp3) is 0.294. The van der Waals surface area contributed by atoms with Gasteiger partial charge in [-0.1, -0.05) is 5.16 Å². The van der Waals surface area contributed by atoms with Crippen molar-refractivity contribution in [1.82, 2.24) is 19.7 Å². The molecule has 2 N–H and O–H groups in total. The summed E-state index contributed by atoms with van der Waals surface area (Å²) in [4.78, 5) is 19.5. The van der Waals surface area contributed by atoms with Crippen LogP contribution in [0.3, 0.4) is 0 Å². The molecular weight excluding hydrogens is 354 g/mol. The van der Waals surface area contributed by atoms with Crippen LogP contribution in [0.2, 0.25) is 0 Å². The molecule has 0 saturated heterocycles. The molecule has 1 aliphatic rings. The molecule has 3 aromatic rings. The monoisotopic (exact) mass is 371 g/mol. The van der Waals surface area contributed by atoms with Gasteiger partial charge >= 0.3 is 11.8 Å². The third-order valence-electron chi connectivity index (χ3n) is 4.02. The van der Waals surface area contributed by atoms with Crippen LogP contribution in [-0.2, 0) is 6.54 Å². The quantitative estimate of drug-likeness (QED) is 0.710. The number of ether oxygens (including phenoxy) is 3. The topological polar surface area (TPSA) is 128 Å². The summed E-state index contributed by atoms with van der Waals surface area (Å²) in [6, 6.07) is 3.62. The first kappa shape index (κ1) is 16.9. The second kappa shape index (κ2) is 6.98. The van der Waals surface area contributed by atoms with Gasteiger partial charge in [-0.25, -0.2) is 4.98 Å². The molecule has 1 aliphatic heterocycles. The Morgan fingerprint density at radius 3 is 2.78 bits per heavy atom. The Hall–Kier alpha value is -3.56. The van der Waals surface area contributed by atoms with Crippen LogP contribution in [0.15, 0.2) is 29.0 Å². The van der Waals surface area contributed by atoms with Crippen LogP contribution in [-0.4, -0.2) is 45.9 Å². The minimum Gasteiger partial charge on any atom is -0.496 e. The Kier molecular flexibility index (Phi) is 4.37. The van der Waals surface area contributed by atoms with Gasteiger partial charge in [0.1, 0.15) is 11.6 Å². The van der Waals surface area contributed by atoms with E-state index >= 15 is 0 Å². The van der Waals surface area contributed by atoms with E-state index in [4.69, 9.17) is 24.5 Å². The van der Waals surface area contributed by atoms with Gasteiger partial charge < -0.3 is 29.0 Å². The maximum absolute atomic E-state index is 11.1. The highest BCUT2D eigenvalue weighted by Gasteiger charge is 2.20. The van der Waals surface area contributed by atoms with Crippen molar-refractivity contribution in [3.8, 4) is 28.6 Å². The molecule has 10 nitrogen and oxygen atoms in total. The first-order valence-electron chi connectivity index (χ1n) is 8.27. The van der Waals surface area contributed by atoms with Gasteiger partial charge in [0.15, 0.2) is 17.3 Å². The van der Waals surface area contributed by atoms with Gasteiger partial charge in [0.05, 0.1) is 32.4 Å². The van der Waals surface area contributed by atoms with Gasteiger partial charge in [-0.2, -0.15) is 4.98 Å². The molecule has 3 heterocycles. The molecule has 0 radical (unpaired) electrons. The summed E-state index contributed by atoms with van der Waals surface area (Å²) < 4.78 is 23.6. The van der Waals surface area contributed by atoms with Gasteiger partial charge in [-0.05, 0) is 6.07 Å². The number of hydrogen-bond donors (Lipinski definition) is 1. The lowest BCUT2D eigenvalue weighted by Crippen LogP contribution is -2.11. The predicted molar refractivity (Wildman–Crippen MR) is 91.7 cm³/mol. The molecule has 1 amide bonds. The highest BCUT2D eigenvalue weighted by atomic mass is 16.5. The molecule has 0 spiro atoms. The number of rotatable bonds is 5. The molecule has 0 aliphatic carbocycles. The van der Waals surface area contributed by atoms with Crippen molar-refractivity contribution in [2.24, 2.45) is 5.73 Å². The Bertz CT molecular complexity index is 980. The average Bonchev–Trinajstić information content (AvgIpc) is 3.26. The van der Waals surface area contributed by atoms with Crippen molar-refractivity contribution < 1.29 is 23.5 Å². The molecule has 0 fully saturated rings.